The lowest BCUT2D eigenvalue weighted by Gasteiger charge is -2.21. The third-order valence-corrected chi connectivity index (χ3v) is 13.4. The molecule has 54 heavy (non-hydrogen) atoms. The van der Waals surface area contributed by atoms with Gasteiger partial charge < -0.3 is 0 Å². The second kappa shape index (κ2) is 10.2. The van der Waals surface area contributed by atoms with Crippen molar-refractivity contribution in [3.05, 3.63) is 180 Å². The zero-order valence-corrected chi connectivity index (χ0v) is 31.0. The van der Waals surface area contributed by atoms with Crippen LogP contribution in [-0.4, -0.2) is 0 Å². The van der Waals surface area contributed by atoms with Gasteiger partial charge in [-0.05, 0) is 145 Å². The van der Waals surface area contributed by atoms with Crippen LogP contribution in [0.2, 0.25) is 0 Å². The molecule has 2 aliphatic carbocycles. The van der Waals surface area contributed by atoms with Gasteiger partial charge in [-0.15, -0.1) is 0 Å². The van der Waals surface area contributed by atoms with E-state index in [1.807, 2.05) is 0 Å². The molecule has 0 nitrogen and oxygen atoms in total. The van der Waals surface area contributed by atoms with Crippen LogP contribution in [0.5, 0.6) is 0 Å². The zero-order chi connectivity index (χ0) is 36.1. The minimum atomic E-state index is -0.0745. The maximum atomic E-state index is 2.46. The van der Waals surface area contributed by atoms with Crippen LogP contribution in [0.25, 0.3) is 98.0 Å². The molecule has 10 aromatic carbocycles. The molecule has 0 heteroatoms. The summed E-state index contributed by atoms with van der Waals surface area (Å²) in [5.74, 6) is 0. The van der Waals surface area contributed by atoms with Crippen molar-refractivity contribution in [2.45, 2.75) is 38.5 Å². The Hall–Kier alpha value is -6.24. The summed E-state index contributed by atoms with van der Waals surface area (Å²) in [5, 5.41) is 16.1. The lowest BCUT2D eigenvalue weighted by atomic mass is 9.81. The molecule has 2 aliphatic rings. The average molecular weight is 687 g/mol. The van der Waals surface area contributed by atoms with Crippen molar-refractivity contribution >= 4 is 64.6 Å². The van der Waals surface area contributed by atoms with Crippen molar-refractivity contribution in [3.63, 3.8) is 0 Å². The quantitative estimate of drug-likeness (QED) is 0.159. The van der Waals surface area contributed by atoms with E-state index in [4.69, 9.17) is 0 Å². The Balaban J connectivity index is 1.03. The van der Waals surface area contributed by atoms with Crippen LogP contribution in [0.4, 0.5) is 0 Å². The Morgan fingerprint density at radius 1 is 0.259 bits per heavy atom. The first-order chi connectivity index (χ1) is 26.3. The summed E-state index contributed by atoms with van der Waals surface area (Å²) in [7, 11) is 0. The van der Waals surface area contributed by atoms with Crippen LogP contribution in [0, 0.1) is 0 Å². The van der Waals surface area contributed by atoms with Crippen molar-refractivity contribution in [2.24, 2.45) is 0 Å². The predicted molar refractivity (Wildman–Crippen MR) is 232 cm³/mol. The summed E-state index contributed by atoms with van der Waals surface area (Å²) in [4.78, 5) is 0. The summed E-state index contributed by atoms with van der Waals surface area (Å²) in [6.07, 6.45) is 0. The first-order valence-corrected chi connectivity index (χ1v) is 19.3. The summed E-state index contributed by atoms with van der Waals surface area (Å²) >= 11 is 0. The Bertz CT molecular complexity index is 3280. The molecule has 0 atom stereocenters. The molecular weight excluding hydrogens is 649 g/mol. The van der Waals surface area contributed by atoms with Gasteiger partial charge in [0.25, 0.3) is 0 Å². The van der Waals surface area contributed by atoms with Gasteiger partial charge in [-0.2, -0.15) is 0 Å². The molecule has 0 saturated heterocycles. The average Bonchev–Trinajstić information content (AvgIpc) is 3.59. The maximum absolute atomic E-state index is 2.46. The topological polar surface area (TPSA) is 0 Å². The number of hydrogen-bond donors (Lipinski definition) is 0. The Labute approximate surface area is 315 Å². The number of benzene rings is 10. The lowest BCUT2D eigenvalue weighted by Crippen LogP contribution is -2.14. The Kier molecular flexibility index (Phi) is 5.74. The van der Waals surface area contributed by atoms with Crippen molar-refractivity contribution in [1.82, 2.24) is 0 Å². The second-order valence-electron chi connectivity index (χ2n) is 16.8. The molecule has 0 fully saturated rings. The van der Waals surface area contributed by atoms with Crippen molar-refractivity contribution < 1.29 is 0 Å². The highest BCUT2D eigenvalue weighted by atomic mass is 14.4. The van der Waals surface area contributed by atoms with E-state index in [1.54, 1.807) is 0 Å². The van der Waals surface area contributed by atoms with Crippen molar-refractivity contribution in [1.29, 1.82) is 0 Å². The van der Waals surface area contributed by atoms with Crippen LogP contribution in [0.3, 0.4) is 0 Å². The molecule has 12 rings (SSSR count). The minimum absolute atomic E-state index is 0.00436. The number of rotatable bonds is 2. The monoisotopic (exact) mass is 686 g/mol. The molecule has 10 aromatic rings. The normalized spacial score (nSPS) is 15.0. The van der Waals surface area contributed by atoms with E-state index in [1.165, 1.54) is 120 Å². The first kappa shape index (κ1) is 30.2. The number of hydrogen-bond acceptors (Lipinski definition) is 0. The smallest absolute Gasteiger partial charge is 0.0159 e. The third-order valence-electron chi connectivity index (χ3n) is 13.4. The molecule has 0 saturated carbocycles. The van der Waals surface area contributed by atoms with Crippen molar-refractivity contribution in [3.8, 4) is 33.4 Å². The van der Waals surface area contributed by atoms with Gasteiger partial charge in [0.2, 0.25) is 0 Å². The fourth-order valence-electron chi connectivity index (χ4n) is 10.7. The molecule has 0 aromatic heterocycles. The van der Waals surface area contributed by atoms with Gasteiger partial charge in [0, 0.05) is 10.8 Å². The largest absolute Gasteiger partial charge is 0.0616 e. The van der Waals surface area contributed by atoms with Crippen molar-refractivity contribution in [2.75, 3.05) is 0 Å². The summed E-state index contributed by atoms with van der Waals surface area (Å²) < 4.78 is 0. The number of fused-ring (bicyclic) bond motifs is 12. The Morgan fingerprint density at radius 3 is 1.09 bits per heavy atom. The minimum Gasteiger partial charge on any atom is -0.0616 e. The molecule has 0 spiro atoms. The van der Waals surface area contributed by atoms with Gasteiger partial charge in [-0.25, -0.2) is 0 Å². The highest BCUT2D eigenvalue weighted by Crippen LogP contribution is 2.53. The van der Waals surface area contributed by atoms with Gasteiger partial charge in [0.1, 0.15) is 0 Å². The van der Waals surface area contributed by atoms with Gasteiger partial charge in [0.05, 0.1) is 0 Å². The van der Waals surface area contributed by atoms with Gasteiger partial charge in [-0.3, -0.25) is 0 Å². The van der Waals surface area contributed by atoms with E-state index in [0.29, 0.717) is 0 Å². The molecule has 0 heterocycles. The summed E-state index contributed by atoms with van der Waals surface area (Å²) in [6.45, 7) is 9.52. The van der Waals surface area contributed by atoms with Crippen LogP contribution in [-0.2, 0) is 10.8 Å². The molecule has 0 N–H and O–H groups in total. The summed E-state index contributed by atoms with van der Waals surface area (Å²) in [5.41, 5.74) is 13.4. The van der Waals surface area contributed by atoms with Gasteiger partial charge >= 0.3 is 0 Å². The van der Waals surface area contributed by atoms with E-state index in [0.717, 1.165) is 0 Å². The molecule has 0 unspecified atom stereocenters. The van der Waals surface area contributed by atoms with E-state index < -0.39 is 0 Å². The Morgan fingerprint density at radius 2 is 0.593 bits per heavy atom. The van der Waals surface area contributed by atoms with Crippen LogP contribution < -0.4 is 0 Å². The second-order valence-corrected chi connectivity index (χ2v) is 16.8. The van der Waals surface area contributed by atoms with E-state index in [9.17, 15) is 0 Å². The van der Waals surface area contributed by atoms with Gasteiger partial charge in [0.15, 0.2) is 0 Å². The van der Waals surface area contributed by atoms with E-state index >= 15 is 0 Å². The predicted octanol–water partition coefficient (Wildman–Crippen LogP) is 14.9. The van der Waals surface area contributed by atoms with E-state index in [-0.39, 0.29) is 10.8 Å². The summed E-state index contributed by atoms with van der Waals surface area (Å²) in [6, 6.07) is 60.1. The first-order valence-electron chi connectivity index (χ1n) is 19.3. The van der Waals surface area contributed by atoms with Crippen LogP contribution >= 0.6 is 0 Å². The zero-order valence-electron chi connectivity index (χ0n) is 31.0. The molecular formula is C54H38. The standard InChI is InChI=1S/C54H38/c1-53(2)47-25-21-33(31-19-23-39-37-13-6-5-11-35(37)36-12-7-8-14-38(36)43(39)27-31)29-45(47)46-30-34(22-26-48(46)53)32-20-24-40-41-15-9-17-49-51(41)52-42(44(40)28-32)16-10-18-50(52)54(49,3)4/h5-30H,1-4H3. The molecule has 0 bridgehead atoms. The molecule has 0 aliphatic heterocycles. The maximum Gasteiger partial charge on any atom is 0.0159 e. The fraction of sp³-hybridized carbons (Fsp3) is 0.111. The highest BCUT2D eigenvalue weighted by Gasteiger charge is 2.36. The molecule has 254 valence electrons. The molecule has 0 radical (unpaired) electrons. The van der Waals surface area contributed by atoms with E-state index in [2.05, 4.69) is 185 Å². The molecule has 0 amide bonds. The van der Waals surface area contributed by atoms with Gasteiger partial charge in [-0.1, -0.05) is 161 Å². The lowest BCUT2D eigenvalue weighted by molar-refractivity contribution is 0.660. The van der Waals surface area contributed by atoms with Crippen LogP contribution in [0.15, 0.2) is 158 Å². The fourth-order valence-corrected chi connectivity index (χ4v) is 10.7. The van der Waals surface area contributed by atoms with Crippen LogP contribution in [0.1, 0.15) is 49.9 Å². The third kappa shape index (κ3) is 3.78. The SMILES string of the molecule is CC1(C)c2ccc(-c3ccc4c5ccccc5c5ccccc5c4c3)cc2-c2cc(-c3ccc4c(c3)c3cccc5c3c3c(cccc43)C5(C)C)ccc21. The highest BCUT2D eigenvalue weighted by molar-refractivity contribution is 6.29.